The van der Waals surface area contributed by atoms with E-state index >= 15 is 0 Å². The Morgan fingerprint density at radius 3 is 2.46 bits per heavy atom. The number of hydrogen-bond acceptors (Lipinski definition) is 3. The zero-order valence-corrected chi connectivity index (χ0v) is 14.7. The third-order valence-electron chi connectivity index (χ3n) is 4.50. The molecule has 0 saturated heterocycles. The average Bonchev–Trinajstić information content (AvgIpc) is 3.04. The van der Waals surface area contributed by atoms with Crippen LogP contribution >= 0.6 is 11.3 Å². The van der Waals surface area contributed by atoms with Crippen molar-refractivity contribution in [2.45, 2.75) is 19.4 Å². The Morgan fingerprint density at radius 1 is 1.00 bits per heavy atom. The molecule has 0 unspecified atom stereocenters. The minimum Gasteiger partial charge on any atom is -0.354 e. The first-order valence-corrected chi connectivity index (χ1v) is 8.90. The molecule has 1 aliphatic heterocycles. The van der Waals surface area contributed by atoms with Crippen LogP contribution in [0.25, 0.3) is 28.0 Å². The zero-order chi connectivity index (χ0) is 16.9. The fraction of sp³-hybridized carbons (Fsp3) is 0.143. The lowest BCUT2D eigenvalue weighted by Crippen LogP contribution is -2.28. The molecule has 0 spiro atoms. The normalized spacial score (nSPS) is 13.2. The van der Waals surface area contributed by atoms with Crippen LogP contribution in [0.4, 0.5) is 5.69 Å². The summed E-state index contributed by atoms with van der Waals surface area (Å²) in [5.41, 5.74) is 14.1. The summed E-state index contributed by atoms with van der Waals surface area (Å²) < 4.78 is 0. The molecule has 0 atom stereocenters. The highest BCUT2D eigenvalue weighted by Gasteiger charge is 2.23. The first-order valence-electron chi connectivity index (χ1n) is 8.02. The van der Waals surface area contributed by atoms with Crippen molar-refractivity contribution >= 4 is 22.7 Å². The van der Waals surface area contributed by atoms with Crippen LogP contribution in [-0.4, -0.2) is 0 Å². The quantitative estimate of drug-likeness (QED) is 0.634. The van der Waals surface area contributed by atoms with E-state index in [1.54, 1.807) is 11.3 Å². The van der Waals surface area contributed by atoms with Gasteiger partial charge in [-0.3, -0.25) is 0 Å². The number of nitrogens with two attached hydrogens (primary N) is 1. The zero-order valence-electron chi connectivity index (χ0n) is 13.9. The Hall–Kier alpha value is -2.36. The second kappa shape index (κ2) is 5.33. The van der Waals surface area contributed by atoms with Crippen molar-refractivity contribution in [2.75, 3.05) is 5.32 Å². The van der Waals surface area contributed by atoms with Gasteiger partial charge in [0, 0.05) is 28.1 Å². The van der Waals surface area contributed by atoms with Crippen molar-refractivity contribution in [1.82, 2.24) is 0 Å². The maximum atomic E-state index is 6.20. The Morgan fingerprint density at radius 2 is 1.75 bits per heavy atom. The highest BCUT2D eigenvalue weighted by molar-refractivity contribution is 7.11. The lowest BCUT2D eigenvalue weighted by molar-refractivity contribution is 0.554. The number of anilines is 1. The van der Waals surface area contributed by atoms with Crippen LogP contribution in [0, 0.1) is 0 Å². The van der Waals surface area contributed by atoms with E-state index in [1.165, 1.54) is 27.1 Å². The maximum Gasteiger partial charge on any atom is 0.0578 e. The van der Waals surface area contributed by atoms with Gasteiger partial charge in [0.2, 0.25) is 0 Å². The molecule has 2 heterocycles. The van der Waals surface area contributed by atoms with E-state index in [9.17, 15) is 0 Å². The van der Waals surface area contributed by atoms with Crippen LogP contribution < -0.4 is 11.1 Å². The van der Waals surface area contributed by atoms with E-state index in [0.717, 1.165) is 16.9 Å². The van der Waals surface area contributed by atoms with Gasteiger partial charge in [0.05, 0.1) is 4.88 Å². The molecule has 3 aromatic rings. The fourth-order valence-electron chi connectivity index (χ4n) is 3.23. The number of nitrogens with one attached hydrogen (secondary N) is 1. The molecule has 3 N–H and O–H groups in total. The van der Waals surface area contributed by atoms with Crippen molar-refractivity contribution in [3.05, 3.63) is 70.9 Å². The Labute approximate surface area is 146 Å². The molecule has 0 radical (unpaired) electrons. The summed E-state index contributed by atoms with van der Waals surface area (Å²) in [7, 11) is 0. The Kier molecular flexibility index (Phi) is 3.37. The van der Waals surface area contributed by atoms with Crippen molar-refractivity contribution < 1.29 is 0 Å². The summed E-state index contributed by atoms with van der Waals surface area (Å²) in [6.07, 6.45) is 0. The third kappa shape index (κ3) is 2.37. The maximum absolute atomic E-state index is 6.20. The van der Waals surface area contributed by atoms with Gasteiger partial charge in [0.15, 0.2) is 0 Å². The lowest BCUT2D eigenvalue weighted by atomic mass is 9.89. The summed E-state index contributed by atoms with van der Waals surface area (Å²) in [6, 6.07) is 17.1. The smallest absolute Gasteiger partial charge is 0.0578 e. The first-order chi connectivity index (χ1) is 11.4. The second-order valence-corrected chi connectivity index (χ2v) is 7.71. The topological polar surface area (TPSA) is 38.0 Å². The van der Waals surface area contributed by atoms with Gasteiger partial charge in [0.1, 0.15) is 0 Å². The molecule has 0 saturated carbocycles. The number of hydrogen-bond donors (Lipinski definition) is 2. The largest absolute Gasteiger partial charge is 0.354 e. The van der Waals surface area contributed by atoms with Crippen LogP contribution in [0.2, 0.25) is 0 Å². The van der Waals surface area contributed by atoms with E-state index in [0.29, 0.717) is 0 Å². The summed E-state index contributed by atoms with van der Waals surface area (Å²) in [4.78, 5) is 1.22. The molecule has 0 aliphatic carbocycles. The number of benzene rings is 2. The fourth-order valence-corrected chi connectivity index (χ4v) is 4.06. The molecule has 2 nitrogen and oxygen atoms in total. The lowest BCUT2D eigenvalue weighted by Gasteiger charge is -2.24. The molecular weight excluding hydrogens is 312 g/mol. The molecule has 3 heteroatoms. The van der Waals surface area contributed by atoms with Gasteiger partial charge in [-0.2, -0.15) is 0 Å². The van der Waals surface area contributed by atoms with E-state index < -0.39 is 0 Å². The molecule has 0 fully saturated rings. The van der Waals surface area contributed by atoms with Crippen molar-refractivity contribution in [2.24, 2.45) is 5.73 Å². The molecule has 0 amide bonds. The van der Waals surface area contributed by atoms with Gasteiger partial charge in [-0.05, 0) is 48.1 Å². The minimum absolute atomic E-state index is 0.325. The predicted octanol–water partition coefficient (Wildman–Crippen LogP) is 5.67. The van der Waals surface area contributed by atoms with Gasteiger partial charge in [-0.25, -0.2) is 0 Å². The summed E-state index contributed by atoms with van der Waals surface area (Å²) in [5, 5.41) is 5.57. The molecule has 1 aliphatic rings. The van der Waals surface area contributed by atoms with E-state index in [-0.39, 0.29) is 5.54 Å². The Bertz CT molecular complexity index is 927. The monoisotopic (exact) mass is 332 g/mol. The standard InChI is InChI=1S/C21H20N2S/c1-13-20-17(11-12-24-20)19-16(5-4-6-18(19)23-13)14-7-9-15(10-8-14)21(2,3)22/h4-12,23H,1,22H2,2-3H3. The Balaban J connectivity index is 1.88. The van der Waals surface area contributed by atoms with E-state index in [1.807, 2.05) is 13.8 Å². The first kappa shape index (κ1) is 15.2. The van der Waals surface area contributed by atoms with Gasteiger partial charge in [-0.1, -0.05) is 43.0 Å². The molecule has 1 aromatic heterocycles. The second-order valence-electron chi connectivity index (χ2n) is 6.79. The van der Waals surface area contributed by atoms with E-state index in [2.05, 4.69) is 65.8 Å². The van der Waals surface area contributed by atoms with Crippen molar-refractivity contribution in [3.63, 3.8) is 0 Å². The van der Waals surface area contributed by atoms with Gasteiger partial charge in [0.25, 0.3) is 0 Å². The van der Waals surface area contributed by atoms with Crippen molar-refractivity contribution in [3.8, 4) is 22.3 Å². The number of rotatable bonds is 2. The summed E-state index contributed by atoms with van der Waals surface area (Å²) in [6.45, 7) is 8.21. The minimum atomic E-state index is -0.325. The predicted molar refractivity (Wildman–Crippen MR) is 105 cm³/mol. The number of fused-ring (bicyclic) bond motifs is 3. The summed E-state index contributed by atoms with van der Waals surface area (Å²) in [5.74, 6) is 0. The molecule has 2 aromatic carbocycles. The van der Waals surface area contributed by atoms with Crippen LogP contribution in [0.5, 0.6) is 0 Å². The SMILES string of the molecule is C=C1Nc2cccc(-c3ccc(C(C)(C)N)cc3)c2-c2ccsc21. The van der Waals surface area contributed by atoms with Crippen LogP contribution in [-0.2, 0) is 5.54 Å². The molecule has 4 rings (SSSR count). The molecule has 24 heavy (non-hydrogen) atoms. The number of thiophene rings is 1. The molecule has 120 valence electrons. The van der Waals surface area contributed by atoms with Gasteiger partial charge >= 0.3 is 0 Å². The third-order valence-corrected chi connectivity index (χ3v) is 5.47. The van der Waals surface area contributed by atoms with Crippen LogP contribution in [0.3, 0.4) is 0 Å². The van der Waals surface area contributed by atoms with Gasteiger partial charge in [-0.15, -0.1) is 11.3 Å². The highest BCUT2D eigenvalue weighted by Crippen LogP contribution is 2.47. The van der Waals surface area contributed by atoms with Gasteiger partial charge < -0.3 is 11.1 Å². The van der Waals surface area contributed by atoms with E-state index in [4.69, 9.17) is 5.73 Å². The van der Waals surface area contributed by atoms with Crippen molar-refractivity contribution in [1.29, 1.82) is 0 Å². The average molecular weight is 332 g/mol. The van der Waals surface area contributed by atoms with Crippen LogP contribution in [0.15, 0.2) is 60.5 Å². The summed E-state index contributed by atoms with van der Waals surface area (Å²) >= 11 is 1.73. The highest BCUT2D eigenvalue weighted by atomic mass is 32.1. The van der Waals surface area contributed by atoms with Crippen LogP contribution in [0.1, 0.15) is 24.3 Å². The molecular formula is C21H20N2S. The molecule has 0 bridgehead atoms.